The van der Waals surface area contributed by atoms with Crippen molar-refractivity contribution in [3.05, 3.63) is 40.0 Å². The third kappa shape index (κ3) is 2.19. The molecule has 6 heteroatoms. The molecule has 0 saturated heterocycles. The van der Waals surface area contributed by atoms with Crippen LogP contribution in [0.5, 0.6) is 5.75 Å². The van der Waals surface area contributed by atoms with Gasteiger partial charge in [0.25, 0.3) is 0 Å². The van der Waals surface area contributed by atoms with Crippen molar-refractivity contribution in [2.75, 3.05) is 5.32 Å². The number of aryl methyl sites for hydroxylation is 2. The second-order valence-corrected chi connectivity index (χ2v) is 5.99. The number of aromatic nitrogens is 2. The summed E-state index contributed by atoms with van der Waals surface area (Å²) in [5, 5.41) is 14.1. The molecule has 2 aromatic heterocycles. The SMILES string of the molecule is Cc1sc2nc(Cl)nc(Nc3ccccc3O)c2c1C. The number of anilines is 2. The molecule has 20 heavy (non-hydrogen) atoms. The molecule has 1 aromatic carbocycles. The highest BCUT2D eigenvalue weighted by Crippen LogP contribution is 2.36. The fraction of sp³-hybridized carbons (Fsp3) is 0.143. The predicted octanol–water partition coefficient (Wildman–Crippen LogP) is 4.41. The van der Waals surface area contributed by atoms with Crippen LogP contribution in [0.3, 0.4) is 0 Å². The highest BCUT2D eigenvalue weighted by Gasteiger charge is 2.14. The van der Waals surface area contributed by atoms with E-state index in [0.29, 0.717) is 11.5 Å². The number of phenolic OH excluding ortho intramolecular Hbond substituents is 1. The average molecular weight is 306 g/mol. The Kier molecular flexibility index (Phi) is 3.23. The van der Waals surface area contributed by atoms with Crippen molar-refractivity contribution >= 4 is 44.7 Å². The van der Waals surface area contributed by atoms with E-state index < -0.39 is 0 Å². The van der Waals surface area contributed by atoms with Crippen molar-refractivity contribution in [3.8, 4) is 5.75 Å². The molecule has 0 aliphatic carbocycles. The third-order valence-electron chi connectivity index (χ3n) is 3.16. The molecule has 2 N–H and O–H groups in total. The van der Waals surface area contributed by atoms with Crippen molar-refractivity contribution in [1.82, 2.24) is 9.97 Å². The van der Waals surface area contributed by atoms with Crippen LogP contribution in [0.2, 0.25) is 5.28 Å². The van der Waals surface area contributed by atoms with Crippen LogP contribution in [-0.4, -0.2) is 15.1 Å². The van der Waals surface area contributed by atoms with Crippen LogP contribution in [-0.2, 0) is 0 Å². The highest BCUT2D eigenvalue weighted by molar-refractivity contribution is 7.18. The first kappa shape index (κ1) is 13.1. The molecule has 0 aliphatic rings. The molecule has 3 aromatic rings. The van der Waals surface area contributed by atoms with E-state index in [0.717, 1.165) is 15.8 Å². The van der Waals surface area contributed by atoms with Crippen LogP contribution in [0.25, 0.3) is 10.2 Å². The van der Waals surface area contributed by atoms with E-state index >= 15 is 0 Å². The fourth-order valence-corrected chi connectivity index (χ4v) is 3.27. The maximum Gasteiger partial charge on any atom is 0.225 e. The van der Waals surface area contributed by atoms with Crippen LogP contribution in [0.15, 0.2) is 24.3 Å². The van der Waals surface area contributed by atoms with E-state index in [9.17, 15) is 5.11 Å². The maximum absolute atomic E-state index is 9.85. The molecule has 2 heterocycles. The molecule has 102 valence electrons. The van der Waals surface area contributed by atoms with Gasteiger partial charge in [-0.25, -0.2) is 4.98 Å². The minimum Gasteiger partial charge on any atom is -0.506 e. The van der Waals surface area contributed by atoms with Crippen molar-refractivity contribution in [2.24, 2.45) is 0 Å². The number of halogens is 1. The van der Waals surface area contributed by atoms with Crippen LogP contribution < -0.4 is 5.32 Å². The van der Waals surface area contributed by atoms with Gasteiger partial charge in [-0.15, -0.1) is 11.3 Å². The molecule has 0 radical (unpaired) electrons. The molecule has 0 fully saturated rings. The van der Waals surface area contributed by atoms with Crippen LogP contribution in [0.4, 0.5) is 11.5 Å². The molecule has 0 spiro atoms. The van der Waals surface area contributed by atoms with Gasteiger partial charge in [0.05, 0.1) is 11.1 Å². The Balaban J connectivity index is 2.18. The lowest BCUT2D eigenvalue weighted by molar-refractivity contribution is 0.478. The Labute approximate surface area is 125 Å². The van der Waals surface area contributed by atoms with E-state index in [-0.39, 0.29) is 11.0 Å². The number of phenols is 1. The second kappa shape index (κ2) is 4.92. The van der Waals surface area contributed by atoms with Gasteiger partial charge in [0.1, 0.15) is 16.4 Å². The van der Waals surface area contributed by atoms with E-state index in [1.807, 2.05) is 19.9 Å². The van der Waals surface area contributed by atoms with Crippen molar-refractivity contribution in [3.63, 3.8) is 0 Å². The number of thiophene rings is 1. The van der Waals surface area contributed by atoms with Crippen molar-refractivity contribution in [1.29, 1.82) is 0 Å². The van der Waals surface area contributed by atoms with Crippen molar-refractivity contribution < 1.29 is 5.11 Å². The van der Waals surface area contributed by atoms with E-state index in [1.54, 1.807) is 29.5 Å². The molecule has 0 bridgehead atoms. The largest absolute Gasteiger partial charge is 0.506 e. The van der Waals surface area contributed by atoms with Gasteiger partial charge in [-0.1, -0.05) is 12.1 Å². The zero-order valence-electron chi connectivity index (χ0n) is 10.9. The van der Waals surface area contributed by atoms with Gasteiger partial charge < -0.3 is 10.4 Å². The Hall–Kier alpha value is -1.85. The first-order chi connectivity index (χ1) is 9.56. The van der Waals surface area contributed by atoms with Gasteiger partial charge in [0.2, 0.25) is 5.28 Å². The summed E-state index contributed by atoms with van der Waals surface area (Å²) < 4.78 is 0. The number of nitrogens with zero attached hydrogens (tertiary/aromatic N) is 2. The minimum absolute atomic E-state index is 0.167. The van der Waals surface area contributed by atoms with Crippen molar-refractivity contribution in [2.45, 2.75) is 13.8 Å². The fourth-order valence-electron chi connectivity index (χ4n) is 2.02. The molecule has 0 amide bonds. The number of fused-ring (bicyclic) bond motifs is 1. The number of benzene rings is 1. The minimum atomic E-state index is 0.167. The van der Waals surface area contributed by atoms with Gasteiger partial charge >= 0.3 is 0 Å². The molecular formula is C14H12ClN3OS. The Morgan fingerprint density at radius 2 is 1.95 bits per heavy atom. The summed E-state index contributed by atoms with van der Waals surface area (Å²) in [5.74, 6) is 0.781. The highest BCUT2D eigenvalue weighted by atomic mass is 35.5. The lowest BCUT2D eigenvalue weighted by atomic mass is 10.2. The summed E-state index contributed by atoms with van der Waals surface area (Å²) in [6.45, 7) is 4.07. The summed E-state index contributed by atoms with van der Waals surface area (Å²) in [6, 6.07) is 7.01. The molecular weight excluding hydrogens is 294 g/mol. The van der Waals surface area contributed by atoms with E-state index in [4.69, 9.17) is 11.6 Å². The second-order valence-electron chi connectivity index (χ2n) is 4.45. The summed E-state index contributed by atoms with van der Waals surface area (Å²) >= 11 is 7.56. The molecule has 4 nitrogen and oxygen atoms in total. The molecule has 0 aliphatic heterocycles. The van der Waals surface area contributed by atoms with Crippen LogP contribution >= 0.6 is 22.9 Å². The van der Waals surface area contributed by atoms with Gasteiger partial charge in [-0.05, 0) is 43.1 Å². The number of aromatic hydroxyl groups is 1. The average Bonchev–Trinajstić information content (AvgIpc) is 2.67. The number of hydrogen-bond acceptors (Lipinski definition) is 5. The predicted molar refractivity (Wildman–Crippen MR) is 83.3 cm³/mol. The topological polar surface area (TPSA) is 58.0 Å². The molecule has 0 atom stereocenters. The van der Waals surface area contributed by atoms with Gasteiger partial charge in [0.15, 0.2) is 0 Å². The number of hydrogen-bond donors (Lipinski definition) is 2. The maximum atomic E-state index is 9.85. The summed E-state index contributed by atoms with van der Waals surface area (Å²) in [5.41, 5.74) is 1.71. The molecule has 3 rings (SSSR count). The number of rotatable bonds is 2. The van der Waals surface area contributed by atoms with Gasteiger partial charge in [0, 0.05) is 4.88 Å². The zero-order valence-corrected chi connectivity index (χ0v) is 12.5. The lowest BCUT2D eigenvalue weighted by Gasteiger charge is -2.09. The lowest BCUT2D eigenvalue weighted by Crippen LogP contribution is -1.97. The zero-order chi connectivity index (χ0) is 14.3. The standard InChI is InChI=1S/C14H12ClN3OS/c1-7-8(2)20-13-11(7)12(17-14(15)18-13)16-9-5-3-4-6-10(9)19/h3-6,19H,1-2H3,(H,16,17,18). The Morgan fingerprint density at radius 3 is 2.70 bits per heavy atom. The number of para-hydroxylation sites is 2. The summed E-state index contributed by atoms with van der Waals surface area (Å²) in [4.78, 5) is 10.5. The van der Waals surface area contributed by atoms with E-state index in [1.165, 1.54) is 4.88 Å². The quantitative estimate of drug-likeness (QED) is 0.544. The number of nitrogens with one attached hydrogen (secondary N) is 1. The monoisotopic (exact) mass is 305 g/mol. The summed E-state index contributed by atoms with van der Waals surface area (Å²) in [6.07, 6.45) is 0. The Bertz CT molecular complexity index is 800. The molecule has 0 unspecified atom stereocenters. The van der Waals surface area contributed by atoms with Crippen LogP contribution in [0, 0.1) is 13.8 Å². The van der Waals surface area contributed by atoms with Gasteiger partial charge in [-0.2, -0.15) is 4.98 Å². The third-order valence-corrected chi connectivity index (χ3v) is 4.43. The van der Waals surface area contributed by atoms with Gasteiger partial charge in [-0.3, -0.25) is 0 Å². The van der Waals surface area contributed by atoms with Crippen LogP contribution in [0.1, 0.15) is 10.4 Å². The molecule has 0 saturated carbocycles. The first-order valence-corrected chi connectivity index (χ1v) is 7.24. The summed E-state index contributed by atoms with van der Waals surface area (Å²) in [7, 11) is 0. The van der Waals surface area contributed by atoms with E-state index in [2.05, 4.69) is 15.3 Å². The first-order valence-electron chi connectivity index (χ1n) is 6.04. The normalized spacial score (nSPS) is 10.9. The smallest absolute Gasteiger partial charge is 0.225 e. The Morgan fingerprint density at radius 1 is 1.20 bits per heavy atom.